The van der Waals surface area contributed by atoms with Gasteiger partial charge in [-0.25, -0.2) is 0 Å². The predicted molar refractivity (Wildman–Crippen MR) is 101 cm³/mol. The van der Waals surface area contributed by atoms with Gasteiger partial charge in [-0.3, -0.25) is 4.79 Å². The van der Waals surface area contributed by atoms with Gasteiger partial charge in [-0.1, -0.05) is 36.9 Å². The molecule has 0 unspecified atom stereocenters. The van der Waals surface area contributed by atoms with Gasteiger partial charge in [0.25, 0.3) is 5.91 Å². The summed E-state index contributed by atoms with van der Waals surface area (Å²) in [6, 6.07) is 15.0. The molecule has 0 atom stereocenters. The van der Waals surface area contributed by atoms with Crippen LogP contribution in [-0.2, 0) is 11.2 Å². The molecule has 1 amide bonds. The molecule has 1 aromatic heterocycles. The quantitative estimate of drug-likeness (QED) is 0.645. The van der Waals surface area contributed by atoms with Crippen LogP contribution in [0.2, 0.25) is 0 Å². The first-order valence-electron chi connectivity index (χ1n) is 8.14. The highest BCUT2D eigenvalue weighted by atomic mass is 32.2. The highest BCUT2D eigenvalue weighted by molar-refractivity contribution is 7.98. The van der Waals surface area contributed by atoms with Crippen molar-refractivity contribution in [1.82, 2.24) is 20.2 Å². The number of ether oxygens (including phenoxy) is 1. The zero-order chi connectivity index (χ0) is 18.4. The first-order chi connectivity index (χ1) is 12.7. The van der Waals surface area contributed by atoms with E-state index in [-0.39, 0.29) is 12.5 Å². The normalized spacial score (nSPS) is 10.5. The molecule has 8 heteroatoms. The lowest BCUT2D eigenvalue weighted by Gasteiger charge is -2.09. The van der Waals surface area contributed by atoms with Gasteiger partial charge in [0.1, 0.15) is 5.75 Å². The minimum Gasteiger partial charge on any atom is -0.484 e. The third-order valence-electron chi connectivity index (χ3n) is 3.70. The first kappa shape index (κ1) is 17.9. The number of tetrazole rings is 1. The Labute approximate surface area is 155 Å². The number of carbonyl (C=O) groups excluding carboxylic acids is 1. The number of nitrogens with one attached hydrogen (secondary N) is 1. The van der Waals surface area contributed by atoms with Crippen molar-refractivity contribution in [2.24, 2.45) is 0 Å². The Balaban J connectivity index is 1.61. The molecule has 0 saturated carbocycles. The summed E-state index contributed by atoms with van der Waals surface area (Å²) in [4.78, 5) is 12.1. The van der Waals surface area contributed by atoms with Gasteiger partial charge in [-0.05, 0) is 59.0 Å². The molecule has 0 saturated heterocycles. The van der Waals surface area contributed by atoms with Gasteiger partial charge in [-0.15, -0.1) is 5.10 Å². The molecule has 3 aromatic rings. The molecule has 26 heavy (non-hydrogen) atoms. The number of rotatable bonds is 7. The summed E-state index contributed by atoms with van der Waals surface area (Å²) >= 11 is 1.44. The molecule has 2 aromatic carbocycles. The number of anilines is 1. The average Bonchev–Trinajstić information content (AvgIpc) is 3.16. The summed E-state index contributed by atoms with van der Waals surface area (Å²) in [5, 5.41) is 15.1. The van der Waals surface area contributed by atoms with Crippen molar-refractivity contribution in [2.75, 3.05) is 18.2 Å². The van der Waals surface area contributed by atoms with Crippen LogP contribution in [0.3, 0.4) is 0 Å². The molecule has 0 spiro atoms. The summed E-state index contributed by atoms with van der Waals surface area (Å²) in [6.45, 7) is 2.03. The topological polar surface area (TPSA) is 81.9 Å². The molecule has 134 valence electrons. The first-order valence-corrected chi connectivity index (χ1v) is 9.36. The minimum atomic E-state index is -0.233. The average molecular weight is 369 g/mol. The van der Waals surface area contributed by atoms with Crippen LogP contribution in [0.4, 0.5) is 5.69 Å². The van der Waals surface area contributed by atoms with E-state index < -0.39 is 0 Å². The van der Waals surface area contributed by atoms with E-state index in [0.717, 1.165) is 12.1 Å². The number of aryl methyl sites for hydroxylation is 1. The van der Waals surface area contributed by atoms with Crippen LogP contribution in [-0.4, -0.2) is 39.0 Å². The minimum absolute atomic E-state index is 0.0589. The van der Waals surface area contributed by atoms with E-state index in [1.165, 1.54) is 17.3 Å². The molecule has 0 fully saturated rings. The molecule has 1 N–H and O–H groups in total. The second-order valence-electron chi connectivity index (χ2n) is 5.46. The molecule has 7 nitrogen and oxygen atoms in total. The fourth-order valence-electron chi connectivity index (χ4n) is 2.35. The van der Waals surface area contributed by atoms with Crippen LogP contribution in [0.1, 0.15) is 12.5 Å². The molecule has 3 rings (SSSR count). The number of amides is 1. The number of nitrogens with zero attached hydrogens (tertiary/aromatic N) is 4. The Kier molecular flexibility index (Phi) is 5.85. The summed E-state index contributed by atoms with van der Waals surface area (Å²) in [6.07, 6.45) is 2.87. The molecular weight excluding hydrogens is 350 g/mol. The maximum atomic E-state index is 12.1. The zero-order valence-corrected chi connectivity index (χ0v) is 15.4. The van der Waals surface area contributed by atoms with Crippen molar-refractivity contribution in [1.29, 1.82) is 0 Å². The summed E-state index contributed by atoms with van der Waals surface area (Å²) < 4.78 is 7.14. The van der Waals surface area contributed by atoms with E-state index >= 15 is 0 Å². The van der Waals surface area contributed by atoms with Crippen LogP contribution in [0.15, 0.2) is 53.7 Å². The van der Waals surface area contributed by atoms with Gasteiger partial charge >= 0.3 is 0 Å². The Bertz CT molecular complexity index is 879. The maximum absolute atomic E-state index is 12.1. The van der Waals surface area contributed by atoms with E-state index in [9.17, 15) is 4.79 Å². The van der Waals surface area contributed by atoms with Crippen molar-refractivity contribution in [3.63, 3.8) is 0 Å². The van der Waals surface area contributed by atoms with E-state index in [1.54, 1.807) is 10.7 Å². The Morgan fingerprint density at radius 2 is 2.04 bits per heavy atom. The number of aromatic nitrogens is 4. The van der Waals surface area contributed by atoms with E-state index in [1.807, 2.05) is 48.7 Å². The van der Waals surface area contributed by atoms with Gasteiger partial charge in [0.15, 0.2) is 6.61 Å². The summed E-state index contributed by atoms with van der Waals surface area (Å²) in [5.74, 6) is 0.438. The van der Waals surface area contributed by atoms with E-state index in [0.29, 0.717) is 16.6 Å². The van der Waals surface area contributed by atoms with Crippen LogP contribution >= 0.6 is 11.8 Å². The van der Waals surface area contributed by atoms with Crippen LogP contribution in [0.5, 0.6) is 5.75 Å². The number of thioether (sulfide) groups is 1. The van der Waals surface area contributed by atoms with Crippen molar-refractivity contribution >= 4 is 23.4 Å². The third kappa shape index (κ3) is 4.40. The van der Waals surface area contributed by atoms with Crippen molar-refractivity contribution in [3.8, 4) is 11.4 Å². The molecule has 0 aliphatic rings. The second kappa shape index (κ2) is 8.48. The van der Waals surface area contributed by atoms with Gasteiger partial charge < -0.3 is 10.1 Å². The van der Waals surface area contributed by atoms with E-state index in [4.69, 9.17) is 4.74 Å². The fraction of sp³-hybridized carbons (Fsp3) is 0.222. The van der Waals surface area contributed by atoms with Crippen molar-refractivity contribution in [3.05, 3.63) is 54.1 Å². The summed E-state index contributed by atoms with van der Waals surface area (Å²) in [7, 11) is 0. The van der Waals surface area contributed by atoms with Gasteiger partial charge in [-0.2, -0.15) is 4.68 Å². The fourth-order valence-corrected chi connectivity index (χ4v) is 2.78. The number of carbonyl (C=O) groups is 1. The highest BCUT2D eigenvalue weighted by Gasteiger charge is 2.09. The van der Waals surface area contributed by atoms with Crippen molar-refractivity contribution in [2.45, 2.75) is 18.5 Å². The lowest BCUT2D eigenvalue weighted by Crippen LogP contribution is -2.20. The number of hydrogen-bond donors (Lipinski definition) is 1. The van der Waals surface area contributed by atoms with Crippen LogP contribution in [0, 0.1) is 0 Å². The maximum Gasteiger partial charge on any atom is 0.262 e. The monoisotopic (exact) mass is 369 g/mol. The van der Waals surface area contributed by atoms with Crippen LogP contribution < -0.4 is 10.1 Å². The number of hydrogen-bond acceptors (Lipinski definition) is 6. The van der Waals surface area contributed by atoms with Gasteiger partial charge in [0.2, 0.25) is 5.16 Å². The number of benzene rings is 2. The standard InChI is InChI=1S/C18H19N5O2S/c1-3-13-7-9-16(10-8-13)25-12-17(24)19-14-5-4-6-15(11-14)23-18(26-2)20-21-22-23/h4-11H,3,12H2,1-2H3,(H,19,24). The largest absolute Gasteiger partial charge is 0.484 e. The molecule has 0 bridgehead atoms. The molecule has 1 heterocycles. The Morgan fingerprint density at radius 3 is 2.77 bits per heavy atom. The zero-order valence-electron chi connectivity index (χ0n) is 14.5. The molecular formula is C18H19N5O2S. The third-order valence-corrected chi connectivity index (χ3v) is 4.32. The highest BCUT2D eigenvalue weighted by Crippen LogP contribution is 2.19. The predicted octanol–water partition coefficient (Wildman–Crippen LogP) is 2.96. The van der Waals surface area contributed by atoms with E-state index in [2.05, 4.69) is 27.8 Å². The van der Waals surface area contributed by atoms with Gasteiger partial charge in [0.05, 0.1) is 5.69 Å². The Hall–Kier alpha value is -2.87. The second-order valence-corrected chi connectivity index (χ2v) is 6.24. The molecule has 0 radical (unpaired) electrons. The lowest BCUT2D eigenvalue weighted by molar-refractivity contribution is -0.118. The van der Waals surface area contributed by atoms with Crippen molar-refractivity contribution < 1.29 is 9.53 Å². The summed E-state index contributed by atoms with van der Waals surface area (Å²) in [5.41, 5.74) is 2.65. The SMILES string of the molecule is CCc1ccc(OCC(=O)Nc2cccc(-n3nnnc3SC)c2)cc1. The Morgan fingerprint density at radius 1 is 1.23 bits per heavy atom. The van der Waals surface area contributed by atoms with Gasteiger partial charge in [0, 0.05) is 5.69 Å². The van der Waals surface area contributed by atoms with Crippen LogP contribution in [0.25, 0.3) is 5.69 Å². The lowest BCUT2D eigenvalue weighted by atomic mass is 10.2. The molecule has 0 aliphatic carbocycles. The molecule has 0 aliphatic heterocycles. The smallest absolute Gasteiger partial charge is 0.262 e.